The van der Waals surface area contributed by atoms with Crippen molar-refractivity contribution in [2.45, 2.75) is 0 Å². The van der Waals surface area contributed by atoms with Gasteiger partial charge in [-0.15, -0.1) is 10.2 Å². The summed E-state index contributed by atoms with van der Waals surface area (Å²) in [6.07, 6.45) is 1.70. The van der Waals surface area contributed by atoms with Gasteiger partial charge in [0.05, 0.1) is 11.6 Å². The molecule has 0 N–H and O–H groups in total. The minimum absolute atomic E-state index is 0.660. The molecular weight excluding hydrogens is 253 g/mol. The van der Waals surface area contributed by atoms with Crippen molar-refractivity contribution < 1.29 is 0 Å². The fourth-order valence-corrected chi connectivity index (χ4v) is 4.03. The first-order valence-corrected chi connectivity index (χ1v) is 7.34. The van der Waals surface area contributed by atoms with Crippen LogP contribution in [0.5, 0.6) is 0 Å². The largest absolute Gasteiger partial charge is 0.139 e. The molecule has 0 saturated heterocycles. The van der Waals surface area contributed by atoms with E-state index in [1.807, 2.05) is 18.2 Å². The van der Waals surface area contributed by atoms with Gasteiger partial charge in [0.1, 0.15) is 0 Å². The Hall–Kier alpha value is -2.12. The van der Waals surface area contributed by atoms with Crippen LogP contribution in [0.4, 0.5) is 0 Å². The van der Waals surface area contributed by atoms with Crippen LogP contribution < -0.4 is 16.0 Å². The van der Waals surface area contributed by atoms with Crippen LogP contribution in [0.3, 0.4) is 0 Å². The molecule has 3 nitrogen and oxygen atoms in total. The molecule has 3 rings (SSSR count). The van der Waals surface area contributed by atoms with Crippen LogP contribution in [-0.4, -0.2) is 15.4 Å². The van der Waals surface area contributed by atoms with E-state index in [0.29, 0.717) is 0 Å². The molecule has 0 unspecified atom stereocenters. The van der Waals surface area contributed by atoms with E-state index in [9.17, 15) is 0 Å². The fraction of sp³-hybridized carbons (Fsp3) is 0. The smallest absolute Gasteiger partial charge is 0.0980 e. The maximum atomic E-state index is 4.20. The SMILES string of the molecule is c1ccc(P(c2ccccc2)c2ccnnn2)cc1. The zero-order valence-corrected chi connectivity index (χ0v) is 11.1. The standard InChI is InChI=1S/C15H12N3P/c1-3-7-13(8-4-1)19(14-9-5-2-6-10-14)15-11-12-16-18-17-15/h1-12H. The lowest BCUT2D eigenvalue weighted by Gasteiger charge is -2.16. The first-order valence-electron chi connectivity index (χ1n) is 6.00. The summed E-state index contributed by atoms with van der Waals surface area (Å²) in [5.41, 5.74) is 0.974. The number of hydrogen-bond donors (Lipinski definition) is 0. The highest BCUT2D eigenvalue weighted by molar-refractivity contribution is 7.79. The van der Waals surface area contributed by atoms with Gasteiger partial charge in [-0.3, -0.25) is 0 Å². The van der Waals surface area contributed by atoms with E-state index in [0.717, 1.165) is 5.44 Å². The number of nitrogens with zero attached hydrogens (tertiary/aromatic N) is 3. The van der Waals surface area contributed by atoms with E-state index < -0.39 is 7.92 Å². The summed E-state index contributed by atoms with van der Waals surface area (Å²) in [6.45, 7) is 0. The highest BCUT2D eigenvalue weighted by Gasteiger charge is 2.17. The van der Waals surface area contributed by atoms with Crippen molar-refractivity contribution in [3.63, 3.8) is 0 Å². The molecular formula is C15H12N3P. The zero-order valence-electron chi connectivity index (χ0n) is 10.2. The molecule has 0 aliphatic carbocycles. The molecule has 0 radical (unpaired) electrons. The third-order valence-electron chi connectivity index (χ3n) is 2.75. The van der Waals surface area contributed by atoms with E-state index in [2.05, 4.69) is 63.9 Å². The molecule has 3 aromatic rings. The maximum absolute atomic E-state index is 4.20. The maximum Gasteiger partial charge on any atom is 0.0980 e. The number of aromatic nitrogens is 3. The topological polar surface area (TPSA) is 38.7 Å². The average Bonchev–Trinajstić information content (AvgIpc) is 2.51. The number of benzene rings is 2. The van der Waals surface area contributed by atoms with Gasteiger partial charge in [0.25, 0.3) is 0 Å². The first-order chi connectivity index (χ1) is 9.45. The predicted molar refractivity (Wildman–Crippen MR) is 78.5 cm³/mol. The van der Waals surface area contributed by atoms with Crippen molar-refractivity contribution in [3.05, 3.63) is 72.9 Å². The Morgan fingerprint density at radius 1 is 0.684 bits per heavy atom. The molecule has 0 aliphatic heterocycles. The van der Waals surface area contributed by atoms with E-state index in [-0.39, 0.29) is 0 Å². The van der Waals surface area contributed by atoms with Crippen LogP contribution in [-0.2, 0) is 0 Å². The summed E-state index contributed by atoms with van der Waals surface area (Å²) in [5.74, 6) is 0. The molecule has 0 spiro atoms. The summed E-state index contributed by atoms with van der Waals surface area (Å²) >= 11 is 0. The molecule has 0 saturated carbocycles. The molecule has 92 valence electrons. The van der Waals surface area contributed by atoms with Gasteiger partial charge in [-0.05, 0) is 21.9 Å². The monoisotopic (exact) mass is 265 g/mol. The van der Waals surface area contributed by atoms with Crippen LogP contribution in [0.1, 0.15) is 0 Å². The Balaban J connectivity index is 2.12. The number of hydrogen-bond acceptors (Lipinski definition) is 3. The molecule has 0 fully saturated rings. The molecule has 1 aromatic heterocycles. The highest BCUT2D eigenvalue weighted by atomic mass is 31.1. The van der Waals surface area contributed by atoms with Crippen LogP contribution in [0, 0.1) is 0 Å². The van der Waals surface area contributed by atoms with Gasteiger partial charge < -0.3 is 0 Å². The number of rotatable bonds is 3. The van der Waals surface area contributed by atoms with Gasteiger partial charge in [0.15, 0.2) is 0 Å². The minimum atomic E-state index is -0.660. The van der Waals surface area contributed by atoms with Crippen LogP contribution in [0.15, 0.2) is 72.9 Å². The second-order valence-electron chi connectivity index (χ2n) is 3.99. The van der Waals surface area contributed by atoms with E-state index >= 15 is 0 Å². The Morgan fingerprint density at radius 3 is 1.74 bits per heavy atom. The van der Waals surface area contributed by atoms with Crippen molar-refractivity contribution in [2.24, 2.45) is 0 Å². The van der Waals surface area contributed by atoms with Crippen LogP contribution in [0.25, 0.3) is 0 Å². The van der Waals surface area contributed by atoms with Gasteiger partial charge in [-0.2, -0.15) is 0 Å². The quantitative estimate of drug-likeness (QED) is 0.676. The van der Waals surface area contributed by atoms with Gasteiger partial charge in [-0.1, -0.05) is 60.7 Å². The second kappa shape index (κ2) is 5.68. The molecule has 1 heterocycles. The molecule has 0 aliphatic rings. The van der Waals surface area contributed by atoms with Crippen LogP contribution >= 0.6 is 7.92 Å². The van der Waals surface area contributed by atoms with E-state index in [4.69, 9.17) is 0 Å². The predicted octanol–water partition coefficient (Wildman–Crippen LogP) is 1.63. The van der Waals surface area contributed by atoms with Crippen LogP contribution in [0.2, 0.25) is 0 Å². The lowest BCUT2D eigenvalue weighted by atomic mass is 10.4. The minimum Gasteiger partial charge on any atom is -0.139 e. The third kappa shape index (κ3) is 2.67. The first kappa shape index (κ1) is 11.9. The molecule has 19 heavy (non-hydrogen) atoms. The highest BCUT2D eigenvalue weighted by Crippen LogP contribution is 2.30. The van der Waals surface area contributed by atoms with Crippen molar-refractivity contribution in [3.8, 4) is 0 Å². The zero-order chi connectivity index (χ0) is 12.9. The molecule has 0 bridgehead atoms. The van der Waals surface area contributed by atoms with Gasteiger partial charge >= 0.3 is 0 Å². The summed E-state index contributed by atoms with van der Waals surface area (Å²) in [6, 6.07) is 22.8. The Bertz CT molecular complexity index is 535. The van der Waals surface area contributed by atoms with Crippen molar-refractivity contribution in [1.82, 2.24) is 15.4 Å². The second-order valence-corrected chi connectivity index (χ2v) is 6.15. The lowest BCUT2D eigenvalue weighted by Crippen LogP contribution is -2.23. The Kier molecular flexibility index (Phi) is 3.57. The lowest BCUT2D eigenvalue weighted by molar-refractivity contribution is 0.883. The van der Waals surface area contributed by atoms with Crippen molar-refractivity contribution in [1.29, 1.82) is 0 Å². The fourth-order valence-electron chi connectivity index (χ4n) is 1.92. The summed E-state index contributed by atoms with van der Waals surface area (Å²) in [7, 11) is -0.660. The summed E-state index contributed by atoms with van der Waals surface area (Å²) in [5, 5.41) is 14.3. The van der Waals surface area contributed by atoms with Gasteiger partial charge in [0, 0.05) is 7.92 Å². The normalized spacial score (nSPS) is 10.6. The molecule has 4 heteroatoms. The summed E-state index contributed by atoms with van der Waals surface area (Å²) in [4.78, 5) is 0. The van der Waals surface area contributed by atoms with Gasteiger partial charge in [0.2, 0.25) is 0 Å². The van der Waals surface area contributed by atoms with Crippen molar-refractivity contribution >= 4 is 24.0 Å². The van der Waals surface area contributed by atoms with Gasteiger partial charge in [-0.25, -0.2) is 0 Å². The summed E-state index contributed by atoms with van der Waals surface area (Å²) < 4.78 is 0. The molecule has 2 aromatic carbocycles. The Labute approximate surface area is 113 Å². The average molecular weight is 265 g/mol. The Morgan fingerprint density at radius 2 is 1.26 bits per heavy atom. The van der Waals surface area contributed by atoms with Crippen molar-refractivity contribution in [2.75, 3.05) is 0 Å². The third-order valence-corrected chi connectivity index (χ3v) is 5.07. The van der Waals surface area contributed by atoms with E-state index in [1.165, 1.54) is 10.6 Å². The molecule has 0 amide bonds. The van der Waals surface area contributed by atoms with E-state index in [1.54, 1.807) is 6.20 Å². The molecule has 0 atom stereocenters.